The minimum atomic E-state index is -0.463. The Balaban J connectivity index is 1.96. The molecule has 1 aliphatic rings. The Labute approximate surface area is 112 Å². The summed E-state index contributed by atoms with van der Waals surface area (Å²) < 4.78 is 13.6. The van der Waals surface area contributed by atoms with Gasteiger partial charge >= 0.3 is 0 Å². The minimum Gasteiger partial charge on any atom is -0.351 e. The number of rotatable bonds is 5. The fraction of sp³-hybridized carbons (Fsp3) is 0.500. The highest BCUT2D eigenvalue weighted by Gasteiger charge is 2.41. The van der Waals surface area contributed by atoms with E-state index in [1.165, 1.54) is 12.1 Å². The topological polar surface area (TPSA) is 29.1 Å². The van der Waals surface area contributed by atoms with Crippen molar-refractivity contribution in [2.75, 3.05) is 12.4 Å². The SMILES string of the molecule is Cc1ccc(C(=O)NCC2(CCCl)CC2)c(F)c1. The molecule has 0 unspecified atom stereocenters. The normalized spacial score (nSPS) is 16.4. The Bertz CT molecular complexity index is 457. The van der Waals surface area contributed by atoms with Crippen molar-refractivity contribution >= 4 is 17.5 Å². The van der Waals surface area contributed by atoms with E-state index in [0.717, 1.165) is 24.8 Å². The van der Waals surface area contributed by atoms with Crippen molar-refractivity contribution in [3.05, 3.63) is 35.1 Å². The zero-order valence-electron chi connectivity index (χ0n) is 10.4. The van der Waals surface area contributed by atoms with Crippen molar-refractivity contribution in [3.63, 3.8) is 0 Å². The van der Waals surface area contributed by atoms with Gasteiger partial charge in [0.05, 0.1) is 5.56 Å². The lowest BCUT2D eigenvalue weighted by atomic mass is 10.0. The number of aryl methyl sites for hydroxylation is 1. The molecular weight excluding hydrogens is 253 g/mol. The number of carbonyl (C=O) groups excluding carboxylic acids is 1. The number of alkyl halides is 1. The molecule has 0 aromatic heterocycles. The monoisotopic (exact) mass is 269 g/mol. The molecule has 2 nitrogen and oxygen atoms in total. The summed E-state index contributed by atoms with van der Waals surface area (Å²) >= 11 is 5.73. The lowest BCUT2D eigenvalue weighted by Crippen LogP contribution is -2.31. The molecule has 18 heavy (non-hydrogen) atoms. The molecule has 0 atom stereocenters. The Hall–Kier alpha value is -1.09. The van der Waals surface area contributed by atoms with Crippen LogP contribution in [0.4, 0.5) is 4.39 Å². The second kappa shape index (κ2) is 5.27. The van der Waals surface area contributed by atoms with Crippen LogP contribution >= 0.6 is 11.6 Å². The van der Waals surface area contributed by atoms with Crippen molar-refractivity contribution in [1.29, 1.82) is 0 Å². The van der Waals surface area contributed by atoms with Gasteiger partial charge in [-0.2, -0.15) is 0 Å². The number of hydrogen-bond donors (Lipinski definition) is 1. The standard InChI is InChI=1S/C14H17ClFNO/c1-10-2-3-11(12(16)8-10)13(18)17-9-14(4-5-14)6-7-15/h2-3,8H,4-7,9H2,1H3,(H,17,18). The molecule has 0 heterocycles. The van der Waals surface area contributed by atoms with Crippen LogP contribution in [-0.2, 0) is 0 Å². The van der Waals surface area contributed by atoms with Crippen LogP contribution < -0.4 is 5.32 Å². The van der Waals surface area contributed by atoms with Crippen LogP contribution in [0.3, 0.4) is 0 Å². The number of benzene rings is 1. The van der Waals surface area contributed by atoms with Crippen molar-refractivity contribution in [2.45, 2.75) is 26.2 Å². The van der Waals surface area contributed by atoms with Gasteiger partial charge in [-0.05, 0) is 49.3 Å². The summed E-state index contributed by atoms with van der Waals surface area (Å²) in [5.41, 5.74) is 1.09. The smallest absolute Gasteiger partial charge is 0.254 e. The van der Waals surface area contributed by atoms with Gasteiger partial charge in [0.25, 0.3) is 5.91 Å². The molecule has 1 N–H and O–H groups in total. The molecule has 0 aliphatic heterocycles. The van der Waals surface area contributed by atoms with Gasteiger partial charge in [0.2, 0.25) is 0 Å². The Morgan fingerprint density at radius 2 is 2.22 bits per heavy atom. The minimum absolute atomic E-state index is 0.113. The first-order valence-corrected chi connectivity index (χ1v) is 6.70. The number of nitrogens with one attached hydrogen (secondary N) is 1. The molecule has 1 saturated carbocycles. The Morgan fingerprint density at radius 1 is 1.50 bits per heavy atom. The van der Waals surface area contributed by atoms with Gasteiger partial charge in [-0.25, -0.2) is 4.39 Å². The highest BCUT2D eigenvalue weighted by molar-refractivity contribution is 6.17. The maximum atomic E-state index is 13.6. The molecule has 0 saturated heterocycles. The summed E-state index contributed by atoms with van der Waals surface area (Å²) in [5.74, 6) is -0.197. The van der Waals surface area contributed by atoms with Gasteiger partial charge in [0.1, 0.15) is 5.82 Å². The maximum Gasteiger partial charge on any atom is 0.254 e. The fourth-order valence-corrected chi connectivity index (χ4v) is 2.46. The third-order valence-electron chi connectivity index (χ3n) is 3.58. The average molecular weight is 270 g/mol. The lowest BCUT2D eigenvalue weighted by Gasteiger charge is -2.14. The summed E-state index contributed by atoms with van der Waals surface area (Å²) in [4.78, 5) is 11.9. The maximum absolute atomic E-state index is 13.6. The van der Waals surface area contributed by atoms with E-state index < -0.39 is 5.82 Å². The van der Waals surface area contributed by atoms with E-state index in [-0.39, 0.29) is 16.9 Å². The van der Waals surface area contributed by atoms with E-state index in [9.17, 15) is 9.18 Å². The largest absolute Gasteiger partial charge is 0.351 e. The van der Waals surface area contributed by atoms with Crippen LogP contribution in [-0.4, -0.2) is 18.3 Å². The number of carbonyl (C=O) groups is 1. The zero-order valence-corrected chi connectivity index (χ0v) is 11.2. The third-order valence-corrected chi connectivity index (χ3v) is 3.76. The first kappa shape index (κ1) is 13.3. The van der Waals surface area contributed by atoms with Gasteiger partial charge in [0, 0.05) is 12.4 Å². The van der Waals surface area contributed by atoms with Crippen LogP contribution in [0.15, 0.2) is 18.2 Å². The molecule has 0 spiro atoms. The van der Waals surface area contributed by atoms with E-state index in [1.807, 2.05) is 0 Å². The number of halogens is 2. The predicted octanol–water partition coefficient (Wildman–Crippen LogP) is 3.27. The van der Waals surface area contributed by atoms with E-state index >= 15 is 0 Å². The summed E-state index contributed by atoms with van der Waals surface area (Å²) in [6.07, 6.45) is 3.10. The average Bonchev–Trinajstić information content (AvgIpc) is 3.07. The quantitative estimate of drug-likeness (QED) is 0.817. The predicted molar refractivity (Wildman–Crippen MR) is 70.5 cm³/mol. The molecule has 0 bridgehead atoms. The zero-order chi connectivity index (χ0) is 13.2. The van der Waals surface area contributed by atoms with Crippen LogP contribution in [0.25, 0.3) is 0 Å². The molecule has 0 radical (unpaired) electrons. The molecule has 1 aliphatic carbocycles. The van der Waals surface area contributed by atoms with Crippen LogP contribution in [0.1, 0.15) is 35.2 Å². The second-order valence-corrected chi connectivity index (χ2v) is 5.48. The van der Waals surface area contributed by atoms with E-state index in [2.05, 4.69) is 5.32 Å². The first-order chi connectivity index (χ1) is 8.56. The number of hydrogen-bond acceptors (Lipinski definition) is 1. The summed E-state index contributed by atoms with van der Waals surface area (Å²) in [5, 5.41) is 2.81. The van der Waals surface area contributed by atoms with Crippen molar-refractivity contribution in [3.8, 4) is 0 Å². The van der Waals surface area contributed by atoms with E-state index in [4.69, 9.17) is 11.6 Å². The van der Waals surface area contributed by atoms with Crippen LogP contribution in [0, 0.1) is 18.2 Å². The molecule has 1 aromatic rings. The second-order valence-electron chi connectivity index (χ2n) is 5.10. The van der Waals surface area contributed by atoms with Gasteiger partial charge in [-0.3, -0.25) is 4.79 Å². The lowest BCUT2D eigenvalue weighted by molar-refractivity contribution is 0.0940. The molecule has 98 valence electrons. The Morgan fingerprint density at radius 3 is 2.78 bits per heavy atom. The molecule has 1 amide bonds. The van der Waals surface area contributed by atoms with Crippen LogP contribution in [0.5, 0.6) is 0 Å². The molecule has 1 aromatic carbocycles. The fourth-order valence-electron chi connectivity index (χ4n) is 2.06. The van der Waals surface area contributed by atoms with Crippen molar-refractivity contribution < 1.29 is 9.18 Å². The van der Waals surface area contributed by atoms with Gasteiger partial charge in [-0.15, -0.1) is 11.6 Å². The van der Waals surface area contributed by atoms with Gasteiger partial charge < -0.3 is 5.32 Å². The highest BCUT2D eigenvalue weighted by Crippen LogP contribution is 2.48. The highest BCUT2D eigenvalue weighted by atomic mass is 35.5. The summed E-state index contributed by atoms with van der Waals surface area (Å²) in [6, 6.07) is 4.64. The van der Waals surface area contributed by atoms with Crippen molar-refractivity contribution in [1.82, 2.24) is 5.32 Å². The molecule has 2 rings (SSSR count). The first-order valence-electron chi connectivity index (χ1n) is 6.17. The van der Waals surface area contributed by atoms with Crippen LogP contribution in [0.2, 0.25) is 0 Å². The Kier molecular flexibility index (Phi) is 3.91. The van der Waals surface area contributed by atoms with Crippen molar-refractivity contribution in [2.24, 2.45) is 5.41 Å². The third kappa shape index (κ3) is 3.02. The molecule has 1 fully saturated rings. The summed E-state index contributed by atoms with van der Waals surface area (Å²) in [6.45, 7) is 2.39. The summed E-state index contributed by atoms with van der Waals surface area (Å²) in [7, 11) is 0. The van der Waals surface area contributed by atoms with E-state index in [0.29, 0.717) is 12.4 Å². The van der Waals surface area contributed by atoms with Gasteiger partial charge in [-0.1, -0.05) is 6.07 Å². The molecular formula is C14H17ClFNO. The van der Waals surface area contributed by atoms with E-state index in [1.54, 1.807) is 13.0 Å². The van der Waals surface area contributed by atoms with Gasteiger partial charge in [0.15, 0.2) is 0 Å². The molecule has 4 heteroatoms. The number of amides is 1.